The zero-order chi connectivity index (χ0) is 13.2. The van der Waals surface area contributed by atoms with E-state index in [9.17, 15) is 13.2 Å². The summed E-state index contributed by atoms with van der Waals surface area (Å²) in [6, 6.07) is -0.742. The molecule has 1 unspecified atom stereocenters. The van der Waals surface area contributed by atoms with E-state index in [0.29, 0.717) is 19.4 Å². The van der Waals surface area contributed by atoms with Crippen LogP contribution in [0, 0.1) is 0 Å². The molecule has 0 saturated heterocycles. The van der Waals surface area contributed by atoms with E-state index >= 15 is 0 Å². The molecule has 0 saturated carbocycles. The Labute approximate surface area is 94.5 Å². The van der Waals surface area contributed by atoms with Gasteiger partial charge in [0.15, 0.2) is 0 Å². The molecule has 0 aliphatic carbocycles. The van der Waals surface area contributed by atoms with Crippen LogP contribution < -0.4 is 17.2 Å². The molecular formula is C7H19N3O5S. The molecular weight excluding hydrogens is 238 g/mol. The molecule has 0 aliphatic rings. The van der Waals surface area contributed by atoms with Crippen LogP contribution in [-0.4, -0.2) is 48.9 Å². The molecule has 0 spiro atoms. The lowest BCUT2D eigenvalue weighted by molar-refractivity contribution is -0.138. The van der Waals surface area contributed by atoms with Crippen molar-refractivity contribution in [3.8, 4) is 0 Å². The summed E-state index contributed by atoms with van der Waals surface area (Å²) in [5, 5.41) is 8.24. The zero-order valence-corrected chi connectivity index (χ0v) is 9.69. The Morgan fingerprint density at radius 3 is 1.94 bits per heavy atom. The summed E-state index contributed by atoms with van der Waals surface area (Å²) >= 11 is 0. The van der Waals surface area contributed by atoms with Gasteiger partial charge in [-0.25, -0.2) is 0 Å². The number of carbonyl (C=O) groups is 1. The third-order valence-electron chi connectivity index (χ3n) is 1.41. The second kappa shape index (κ2) is 9.48. The summed E-state index contributed by atoms with van der Waals surface area (Å²) in [7, 11) is -3.80. The predicted molar refractivity (Wildman–Crippen MR) is 59.4 cm³/mol. The number of carboxylic acids is 1. The number of carboxylic acid groups (broad SMARTS) is 1. The molecule has 9 heteroatoms. The fourth-order valence-corrected chi connectivity index (χ4v) is 0.908. The van der Waals surface area contributed by atoms with Gasteiger partial charge in [0.25, 0.3) is 10.1 Å². The molecule has 0 fully saturated rings. The van der Waals surface area contributed by atoms with E-state index in [1.165, 1.54) is 0 Å². The molecule has 8 N–H and O–H groups in total. The Bertz CT molecular complexity index is 280. The van der Waals surface area contributed by atoms with E-state index < -0.39 is 22.1 Å². The van der Waals surface area contributed by atoms with Gasteiger partial charge in [0.2, 0.25) is 0 Å². The third kappa shape index (κ3) is 15.7. The standard InChI is InChI=1S/C5H12N2O2.C2H7NO3S/c6-3-1-2-4(7)5(8)9;3-1-2-7(4,5)6/h4H,1-3,6-7H2,(H,8,9);1-3H2,(H,4,5,6). The van der Waals surface area contributed by atoms with Crippen molar-refractivity contribution < 1.29 is 22.9 Å². The van der Waals surface area contributed by atoms with Crippen molar-refractivity contribution in [2.45, 2.75) is 18.9 Å². The topological polar surface area (TPSA) is 170 Å². The van der Waals surface area contributed by atoms with Crippen molar-refractivity contribution in [3.63, 3.8) is 0 Å². The molecule has 0 radical (unpaired) electrons. The molecule has 0 heterocycles. The second-order valence-electron chi connectivity index (χ2n) is 2.95. The minimum Gasteiger partial charge on any atom is -0.480 e. The van der Waals surface area contributed by atoms with Crippen molar-refractivity contribution >= 4 is 16.1 Å². The largest absolute Gasteiger partial charge is 0.480 e. The summed E-state index contributed by atoms with van der Waals surface area (Å²) in [6.45, 7) is 0.472. The average molecular weight is 257 g/mol. The van der Waals surface area contributed by atoms with Crippen molar-refractivity contribution in [3.05, 3.63) is 0 Å². The van der Waals surface area contributed by atoms with Crippen molar-refractivity contribution in [1.29, 1.82) is 0 Å². The Kier molecular flexibility index (Phi) is 10.5. The molecule has 0 aliphatic heterocycles. The van der Waals surface area contributed by atoms with Gasteiger partial charge in [0.05, 0.1) is 5.75 Å². The van der Waals surface area contributed by atoms with Crippen molar-refractivity contribution in [2.24, 2.45) is 17.2 Å². The first kappa shape index (κ1) is 17.6. The molecule has 0 aromatic carbocycles. The predicted octanol–water partition coefficient (Wildman–Crippen LogP) is -2.03. The molecule has 0 bridgehead atoms. The maximum atomic E-state index is 10.0. The Morgan fingerprint density at radius 1 is 1.25 bits per heavy atom. The fourth-order valence-electron chi connectivity index (χ4n) is 0.610. The molecule has 8 nitrogen and oxygen atoms in total. The van der Waals surface area contributed by atoms with Gasteiger partial charge in [-0.1, -0.05) is 0 Å². The van der Waals surface area contributed by atoms with E-state index in [1.807, 2.05) is 0 Å². The van der Waals surface area contributed by atoms with E-state index in [4.69, 9.17) is 26.9 Å². The minimum atomic E-state index is -3.80. The van der Waals surface area contributed by atoms with Crippen molar-refractivity contribution in [1.82, 2.24) is 0 Å². The Hall–Kier alpha value is -0.740. The SMILES string of the molecule is NCCCC(N)C(=O)O.NCCS(=O)(=O)O. The van der Waals surface area contributed by atoms with Gasteiger partial charge in [-0.05, 0) is 19.4 Å². The fraction of sp³-hybridized carbons (Fsp3) is 0.857. The van der Waals surface area contributed by atoms with Gasteiger partial charge in [0.1, 0.15) is 6.04 Å². The van der Waals surface area contributed by atoms with Gasteiger partial charge >= 0.3 is 5.97 Å². The van der Waals surface area contributed by atoms with Crippen LogP contribution in [-0.2, 0) is 14.9 Å². The van der Waals surface area contributed by atoms with Gasteiger partial charge in [-0.3, -0.25) is 9.35 Å². The van der Waals surface area contributed by atoms with Crippen LogP contribution in [0.1, 0.15) is 12.8 Å². The summed E-state index contributed by atoms with van der Waals surface area (Å²) in [4.78, 5) is 10.0. The molecule has 1 atom stereocenters. The van der Waals surface area contributed by atoms with E-state index in [2.05, 4.69) is 0 Å². The summed E-state index contributed by atoms with van der Waals surface area (Å²) in [5.41, 5.74) is 15.1. The number of rotatable bonds is 6. The molecule has 0 aromatic rings. The number of nitrogens with two attached hydrogens (primary N) is 3. The maximum Gasteiger partial charge on any atom is 0.320 e. The molecule has 0 amide bonds. The minimum absolute atomic E-state index is 0.0289. The van der Waals surface area contributed by atoms with Crippen molar-refractivity contribution in [2.75, 3.05) is 18.8 Å². The molecule has 16 heavy (non-hydrogen) atoms. The van der Waals surface area contributed by atoms with Crippen LogP contribution in [0.3, 0.4) is 0 Å². The second-order valence-corrected chi connectivity index (χ2v) is 4.52. The van der Waals surface area contributed by atoms with E-state index in [1.54, 1.807) is 0 Å². The highest BCUT2D eigenvalue weighted by atomic mass is 32.2. The maximum absolute atomic E-state index is 10.0. The first-order valence-corrected chi connectivity index (χ1v) is 6.19. The monoisotopic (exact) mass is 257 g/mol. The number of hydrogen-bond donors (Lipinski definition) is 5. The van der Waals surface area contributed by atoms with Crippen LogP contribution in [0.25, 0.3) is 0 Å². The number of hydrogen-bond acceptors (Lipinski definition) is 6. The van der Waals surface area contributed by atoms with E-state index in [0.717, 1.165) is 0 Å². The van der Waals surface area contributed by atoms with Gasteiger partial charge < -0.3 is 22.3 Å². The highest BCUT2D eigenvalue weighted by Crippen LogP contribution is 1.91. The average Bonchev–Trinajstić information content (AvgIpc) is 2.13. The first-order chi connectivity index (χ1) is 7.24. The first-order valence-electron chi connectivity index (χ1n) is 4.58. The third-order valence-corrected chi connectivity index (χ3v) is 2.16. The zero-order valence-electron chi connectivity index (χ0n) is 8.87. The van der Waals surface area contributed by atoms with Gasteiger partial charge in [-0.15, -0.1) is 0 Å². The van der Waals surface area contributed by atoms with Crippen LogP contribution in [0.15, 0.2) is 0 Å². The van der Waals surface area contributed by atoms with Gasteiger partial charge in [-0.2, -0.15) is 8.42 Å². The highest BCUT2D eigenvalue weighted by Gasteiger charge is 2.08. The molecule has 0 aromatic heterocycles. The van der Waals surface area contributed by atoms with Gasteiger partial charge in [0, 0.05) is 6.54 Å². The summed E-state index contributed by atoms with van der Waals surface area (Å²) in [5.74, 6) is -1.31. The van der Waals surface area contributed by atoms with Crippen LogP contribution in [0.5, 0.6) is 0 Å². The lowest BCUT2D eigenvalue weighted by atomic mass is 10.2. The smallest absolute Gasteiger partial charge is 0.320 e. The molecule has 0 rings (SSSR count). The Balaban J connectivity index is 0. The quantitative estimate of drug-likeness (QED) is 0.339. The summed E-state index contributed by atoms with van der Waals surface area (Å²) < 4.78 is 27.3. The Morgan fingerprint density at radius 2 is 1.75 bits per heavy atom. The highest BCUT2D eigenvalue weighted by molar-refractivity contribution is 7.85. The van der Waals surface area contributed by atoms with Crippen LogP contribution >= 0.6 is 0 Å². The molecule has 98 valence electrons. The summed E-state index contributed by atoms with van der Waals surface area (Å²) in [6.07, 6.45) is 1.14. The normalized spacial score (nSPS) is 12.5. The number of aliphatic carboxylic acids is 1. The van der Waals surface area contributed by atoms with Crippen LogP contribution in [0.4, 0.5) is 0 Å². The van der Waals surface area contributed by atoms with Crippen LogP contribution in [0.2, 0.25) is 0 Å². The lowest BCUT2D eigenvalue weighted by Crippen LogP contribution is -2.30. The lowest BCUT2D eigenvalue weighted by Gasteiger charge is -2.02. The van der Waals surface area contributed by atoms with E-state index in [-0.39, 0.29) is 12.3 Å².